The number of likely N-dealkylation sites (tertiary alicyclic amines) is 1. The van der Waals surface area contributed by atoms with Crippen LogP contribution >= 0.6 is 0 Å². The summed E-state index contributed by atoms with van der Waals surface area (Å²) in [4.78, 5) is 19.0. The van der Waals surface area contributed by atoms with E-state index in [1.807, 2.05) is 25.7 Å². The maximum atomic E-state index is 12.2. The second-order valence-corrected chi connectivity index (χ2v) is 7.75. The molecule has 0 radical (unpaired) electrons. The summed E-state index contributed by atoms with van der Waals surface area (Å²) in [7, 11) is 1.75. The highest BCUT2D eigenvalue weighted by molar-refractivity contribution is 5.69. The van der Waals surface area contributed by atoms with Crippen molar-refractivity contribution in [1.29, 1.82) is 0 Å². The Kier molecular flexibility index (Phi) is 6.28. The summed E-state index contributed by atoms with van der Waals surface area (Å²) in [6.07, 6.45) is 0.915. The molecule has 0 aromatic carbocycles. The van der Waals surface area contributed by atoms with Crippen LogP contribution in [0, 0.1) is 0 Å². The van der Waals surface area contributed by atoms with Crippen LogP contribution in [0.2, 0.25) is 0 Å². The zero-order valence-corrected chi connectivity index (χ0v) is 15.4. The second kappa shape index (κ2) is 7.81. The molecule has 23 heavy (non-hydrogen) atoms. The Morgan fingerprint density at radius 1 is 1.22 bits per heavy atom. The molecule has 134 valence electrons. The van der Waals surface area contributed by atoms with Gasteiger partial charge in [-0.05, 0) is 34.1 Å². The number of methoxy groups -OCH3 is 1. The van der Waals surface area contributed by atoms with E-state index in [1.54, 1.807) is 7.11 Å². The van der Waals surface area contributed by atoms with E-state index in [4.69, 9.17) is 9.47 Å². The summed E-state index contributed by atoms with van der Waals surface area (Å²) in [5.41, 5.74) is -0.418. The average molecular weight is 327 g/mol. The first-order valence-electron chi connectivity index (χ1n) is 8.75. The number of carbonyl (C=O) groups is 1. The van der Waals surface area contributed by atoms with Gasteiger partial charge in [0.2, 0.25) is 0 Å². The molecule has 2 rings (SSSR count). The van der Waals surface area contributed by atoms with Crippen molar-refractivity contribution in [2.24, 2.45) is 0 Å². The molecule has 0 aliphatic carbocycles. The van der Waals surface area contributed by atoms with Crippen molar-refractivity contribution in [3.8, 4) is 0 Å². The molecule has 0 aromatic heterocycles. The monoisotopic (exact) mass is 327 g/mol. The minimum Gasteiger partial charge on any atom is -0.444 e. The molecule has 0 aromatic rings. The van der Waals surface area contributed by atoms with E-state index in [0.717, 1.165) is 52.3 Å². The van der Waals surface area contributed by atoms with Crippen molar-refractivity contribution in [2.45, 2.75) is 51.8 Å². The van der Waals surface area contributed by atoms with Crippen LogP contribution in [-0.4, -0.2) is 91.5 Å². The first-order valence-corrected chi connectivity index (χ1v) is 8.75. The van der Waals surface area contributed by atoms with Gasteiger partial charge in [0, 0.05) is 58.5 Å². The van der Waals surface area contributed by atoms with Gasteiger partial charge in [0.05, 0.1) is 6.61 Å². The lowest BCUT2D eigenvalue weighted by Crippen LogP contribution is -2.60. The Hall–Kier alpha value is -0.850. The van der Waals surface area contributed by atoms with Gasteiger partial charge in [-0.15, -0.1) is 0 Å². The fraction of sp³-hybridized carbons (Fsp3) is 0.941. The van der Waals surface area contributed by atoms with Crippen LogP contribution < -0.4 is 0 Å². The molecule has 2 aliphatic rings. The minimum atomic E-state index is -0.418. The van der Waals surface area contributed by atoms with Crippen LogP contribution in [0.5, 0.6) is 0 Å². The van der Waals surface area contributed by atoms with Crippen LogP contribution in [0.1, 0.15) is 34.1 Å². The quantitative estimate of drug-likeness (QED) is 0.768. The van der Waals surface area contributed by atoms with Gasteiger partial charge in [-0.25, -0.2) is 4.79 Å². The normalized spacial score (nSPS) is 26.9. The highest BCUT2D eigenvalue weighted by atomic mass is 16.6. The van der Waals surface area contributed by atoms with Crippen LogP contribution in [-0.2, 0) is 9.47 Å². The fourth-order valence-corrected chi connectivity index (χ4v) is 3.27. The molecule has 2 fully saturated rings. The molecular formula is C17H33N3O3. The predicted octanol–water partition coefficient (Wildman–Crippen LogP) is 1.65. The number of ether oxygens (including phenoxy) is 2. The summed E-state index contributed by atoms with van der Waals surface area (Å²) >= 11 is 0. The smallest absolute Gasteiger partial charge is 0.410 e. The number of amides is 1. The molecule has 2 atom stereocenters. The predicted molar refractivity (Wildman–Crippen MR) is 90.7 cm³/mol. The van der Waals surface area contributed by atoms with Gasteiger partial charge in [-0.1, -0.05) is 0 Å². The lowest BCUT2D eigenvalue weighted by molar-refractivity contribution is -0.0192. The van der Waals surface area contributed by atoms with E-state index in [9.17, 15) is 4.79 Å². The van der Waals surface area contributed by atoms with Crippen molar-refractivity contribution in [3.05, 3.63) is 0 Å². The topological polar surface area (TPSA) is 45.2 Å². The summed E-state index contributed by atoms with van der Waals surface area (Å²) in [5.74, 6) is 0. The Labute approximate surface area is 140 Å². The largest absolute Gasteiger partial charge is 0.444 e. The van der Waals surface area contributed by atoms with Crippen LogP contribution in [0.15, 0.2) is 0 Å². The standard InChI is InChI=1S/C17H33N3O3/c1-14-12-18(8-9-19(14)10-11-22-5)13-15-6-7-20(15)16(21)23-17(2,3)4/h14-15H,6-13H2,1-5H3. The molecule has 6 nitrogen and oxygen atoms in total. The molecule has 0 N–H and O–H groups in total. The van der Waals surface area contributed by atoms with E-state index in [0.29, 0.717) is 12.1 Å². The molecule has 6 heteroatoms. The highest BCUT2D eigenvalue weighted by Gasteiger charge is 2.37. The molecule has 2 aliphatic heterocycles. The minimum absolute atomic E-state index is 0.166. The van der Waals surface area contributed by atoms with Crippen molar-refractivity contribution >= 4 is 6.09 Å². The van der Waals surface area contributed by atoms with Gasteiger partial charge >= 0.3 is 6.09 Å². The summed E-state index contributed by atoms with van der Waals surface area (Å²) in [6.45, 7) is 14.8. The number of hydrogen-bond donors (Lipinski definition) is 0. The number of nitrogens with zero attached hydrogens (tertiary/aromatic N) is 3. The zero-order chi connectivity index (χ0) is 17.0. The molecular weight excluding hydrogens is 294 g/mol. The molecule has 0 spiro atoms. The number of piperazine rings is 1. The van der Waals surface area contributed by atoms with Gasteiger partial charge in [0.25, 0.3) is 0 Å². The molecule has 2 unspecified atom stereocenters. The van der Waals surface area contributed by atoms with Crippen LogP contribution in [0.4, 0.5) is 4.79 Å². The maximum Gasteiger partial charge on any atom is 0.410 e. The average Bonchev–Trinajstić information content (AvgIpc) is 2.40. The van der Waals surface area contributed by atoms with E-state index in [-0.39, 0.29) is 6.09 Å². The van der Waals surface area contributed by atoms with Gasteiger partial charge in [-0.3, -0.25) is 9.80 Å². The Morgan fingerprint density at radius 3 is 2.48 bits per heavy atom. The molecule has 0 saturated carbocycles. The van der Waals surface area contributed by atoms with Gasteiger partial charge in [0.1, 0.15) is 5.60 Å². The third-order valence-electron chi connectivity index (χ3n) is 4.67. The Bertz CT molecular complexity index is 397. The third-order valence-corrected chi connectivity index (χ3v) is 4.67. The Balaban J connectivity index is 1.76. The molecule has 1 amide bonds. The van der Waals surface area contributed by atoms with Crippen molar-refractivity contribution in [1.82, 2.24) is 14.7 Å². The lowest BCUT2D eigenvalue weighted by Gasteiger charge is -2.46. The SMILES string of the molecule is COCCN1CCN(CC2CCN2C(=O)OC(C)(C)C)CC1C. The molecule has 0 bridgehead atoms. The van der Waals surface area contributed by atoms with Gasteiger partial charge in [0.15, 0.2) is 0 Å². The van der Waals surface area contributed by atoms with Gasteiger partial charge in [-0.2, -0.15) is 0 Å². The fourth-order valence-electron chi connectivity index (χ4n) is 3.27. The lowest BCUT2D eigenvalue weighted by atomic mass is 10.0. The van der Waals surface area contributed by atoms with E-state index in [2.05, 4.69) is 16.7 Å². The summed E-state index contributed by atoms with van der Waals surface area (Å²) in [5, 5.41) is 0. The Morgan fingerprint density at radius 2 is 1.96 bits per heavy atom. The third kappa shape index (κ3) is 5.33. The molecule has 2 heterocycles. The van der Waals surface area contributed by atoms with Gasteiger partial charge < -0.3 is 14.4 Å². The first-order chi connectivity index (χ1) is 10.8. The van der Waals surface area contributed by atoms with E-state index < -0.39 is 5.60 Å². The number of rotatable bonds is 5. The van der Waals surface area contributed by atoms with Crippen LogP contribution in [0.25, 0.3) is 0 Å². The summed E-state index contributed by atoms with van der Waals surface area (Å²) in [6, 6.07) is 0.844. The van der Waals surface area contributed by atoms with Crippen LogP contribution in [0.3, 0.4) is 0 Å². The highest BCUT2D eigenvalue weighted by Crippen LogP contribution is 2.23. The first kappa shape index (κ1) is 18.5. The summed E-state index contributed by atoms with van der Waals surface area (Å²) < 4.78 is 10.7. The van der Waals surface area contributed by atoms with Crippen molar-refractivity contribution in [3.63, 3.8) is 0 Å². The second-order valence-electron chi connectivity index (χ2n) is 7.75. The number of carbonyl (C=O) groups excluding carboxylic acids is 1. The zero-order valence-electron chi connectivity index (χ0n) is 15.4. The maximum absolute atomic E-state index is 12.2. The van der Waals surface area contributed by atoms with Crippen molar-refractivity contribution < 1.29 is 14.3 Å². The van der Waals surface area contributed by atoms with Crippen molar-refractivity contribution in [2.75, 3.05) is 53.0 Å². The number of hydrogen-bond acceptors (Lipinski definition) is 5. The molecule has 2 saturated heterocycles. The van der Waals surface area contributed by atoms with E-state index >= 15 is 0 Å². The van der Waals surface area contributed by atoms with E-state index in [1.165, 1.54) is 0 Å².